The number of rotatable bonds is 7. The van der Waals surface area contributed by atoms with Crippen molar-refractivity contribution in [3.8, 4) is 0 Å². The van der Waals surface area contributed by atoms with E-state index in [2.05, 4.69) is 0 Å². The summed E-state index contributed by atoms with van der Waals surface area (Å²) >= 11 is 0. The molecular formula is C16H22O3. The van der Waals surface area contributed by atoms with E-state index in [1.807, 2.05) is 69.3 Å². The highest BCUT2D eigenvalue weighted by Crippen LogP contribution is 2.25. The van der Waals surface area contributed by atoms with Crippen LogP contribution in [-0.4, -0.2) is 13.4 Å². The molecular weight excluding hydrogens is 240 g/mol. The van der Waals surface area contributed by atoms with Crippen LogP contribution >= 0.6 is 0 Å². The van der Waals surface area contributed by atoms with E-state index >= 15 is 0 Å². The van der Waals surface area contributed by atoms with Crippen molar-refractivity contribution in [3.63, 3.8) is 0 Å². The lowest BCUT2D eigenvalue weighted by Crippen LogP contribution is -2.25. The van der Waals surface area contributed by atoms with E-state index in [0.717, 1.165) is 5.56 Å². The lowest BCUT2D eigenvalue weighted by molar-refractivity contribution is -0.409. The maximum Gasteiger partial charge on any atom is 0.210 e. The van der Waals surface area contributed by atoms with E-state index in [9.17, 15) is 0 Å². The SMILES string of the molecule is CC=CC=CC(OC)OOC(C)(C)c1ccccc1. The van der Waals surface area contributed by atoms with Gasteiger partial charge < -0.3 is 4.74 Å². The molecule has 1 unspecified atom stereocenters. The maximum absolute atomic E-state index is 5.50. The summed E-state index contributed by atoms with van der Waals surface area (Å²) in [6.45, 7) is 5.84. The Bertz CT molecular complexity index is 407. The first-order valence-electron chi connectivity index (χ1n) is 6.32. The molecule has 104 valence electrons. The second kappa shape index (κ2) is 7.89. The molecule has 0 saturated heterocycles. The van der Waals surface area contributed by atoms with Gasteiger partial charge in [-0.1, -0.05) is 48.6 Å². The van der Waals surface area contributed by atoms with Crippen molar-refractivity contribution in [3.05, 3.63) is 60.2 Å². The first-order valence-corrected chi connectivity index (χ1v) is 6.32. The minimum absolute atomic E-state index is 0.529. The number of hydrogen-bond acceptors (Lipinski definition) is 3. The molecule has 0 aliphatic heterocycles. The van der Waals surface area contributed by atoms with Gasteiger partial charge in [-0.3, -0.25) is 0 Å². The van der Waals surface area contributed by atoms with Gasteiger partial charge in [-0.05, 0) is 32.4 Å². The summed E-state index contributed by atoms with van der Waals surface area (Å²) in [4.78, 5) is 10.8. The minimum atomic E-state index is -0.535. The highest BCUT2D eigenvalue weighted by molar-refractivity contribution is 5.20. The molecule has 0 radical (unpaired) electrons. The van der Waals surface area contributed by atoms with Crippen LogP contribution in [0.2, 0.25) is 0 Å². The van der Waals surface area contributed by atoms with Gasteiger partial charge in [-0.2, -0.15) is 4.89 Å². The van der Waals surface area contributed by atoms with Crippen LogP contribution in [0.5, 0.6) is 0 Å². The zero-order chi connectivity index (χ0) is 14.1. The average molecular weight is 262 g/mol. The summed E-state index contributed by atoms with van der Waals surface area (Å²) in [6.07, 6.45) is 6.93. The Morgan fingerprint density at radius 2 is 1.79 bits per heavy atom. The first-order chi connectivity index (χ1) is 9.10. The third-order valence-corrected chi connectivity index (χ3v) is 2.62. The number of allylic oxidation sites excluding steroid dienone is 3. The van der Waals surface area contributed by atoms with E-state index in [-0.39, 0.29) is 0 Å². The van der Waals surface area contributed by atoms with Gasteiger partial charge in [0.25, 0.3) is 0 Å². The Hall–Kier alpha value is -1.42. The summed E-state index contributed by atoms with van der Waals surface area (Å²) in [5, 5.41) is 0. The molecule has 0 bridgehead atoms. The van der Waals surface area contributed by atoms with E-state index in [1.165, 1.54) is 0 Å². The topological polar surface area (TPSA) is 27.7 Å². The number of ether oxygens (including phenoxy) is 1. The highest BCUT2D eigenvalue weighted by atomic mass is 17.2. The fourth-order valence-electron chi connectivity index (χ4n) is 1.47. The molecule has 1 atom stereocenters. The number of benzene rings is 1. The van der Waals surface area contributed by atoms with E-state index in [0.29, 0.717) is 0 Å². The minimum Gasteiger partial charge on any atom is -0.350 e. The van der Waals surface area contributed by atoms with Gasteiger partial charge in [0.05, 0.1) is 0 Å². The molecule has 0 saturated carbocycles. The van der Waals surface area contributed by atoms with Crippen molar-refractivity contribution in [2.24, 2.45) is 0 Å². The van der Waals surface area contributed by atoms with Crippen molar-refractivity contribution >= 4 is 0 Å². The largest absolute Gasteiger partial charge is 0.350 e. The maximum atomic E-state index is 5.50. The summed E-state index contributed by atoms with van der Waals surface area (Å²) in [5.74, 6) is 0. The fourth-order valence-corrected chi connectivity index (χ4v) is 1.47. The van der Waals surface area contributed by atoms with Crippen molar-refractivity contribution in [1.82, 2.24) is 0 Å². The van der Waals surface area contributed by atoms with Crippen molar-refractivity contribution in [2.45, 2.75) is 32.7 Å². The molecule has 0 heterocycles. The van der Waals surface area contributed by atoms with Crippen LogP contribution in [0.25, 0.3) is 0 Å². The highest BCUT2D eigenvalue weighted by Gasteiger charge is 2.23. The second-order valence-electron chi connectivity index (χ2n) is 4.57. The van der Waals surface area contributed by atoms with Gasteiger partial charge >= 0.3 is 0 Å². The quantitative estimate of drug-likeness (QED) is 0.322. The molecule has 1 aromatic carbocycles. The molecule has 0 aliphatic rings. The predicted octanol–water partition coefficient (Wildman–Crippen LogP) is 3.97. The molecule has 0 N–H and O–H groups in total. The van der Waals surface area contributed by atoms with Crippen LogP contribution in [0.15, 0.2) is 54.6 Å². The van der Waals surface area contributed by atoms with E-state index in [4.69, 9.17) is 14.5 Å². The van der Waals surface area contributed by atoms with Crippen LogP contribution in [-0.2, 0) is 20.1 Å². The van der Waals surface area contributed by atoms with Gasteiger partial charge in [0.15, 0.2) is 0 Å². The smallest absolute Gasteiger partial charge is 0.210 e. The molecule has 0 fully saturated rings. The van der Waals surface area contributed by atoms with E-state index in [1.54, 1.807) is 13.2 Å². The van der Waals surface area contributed by atoms with Crippen LogP contribution in [0.4, 0.5) is 0 Å². The summed E-state index contributed by atoms with van der Waals surface area (Å²) in [7, 11) is 1.57. The average Bonchev–Trinajstić information content (AvgIpc) is 2.43. The zero-order valence-electron chi connectivity index (χ0n) is 12.0. The summed E-state index contributed by atoms with van der Waals surface area (Å²) in [6, 6.07) is 9.92. The lowest BCUT2D eigenvalue weighted by atomic mass is 9.99. The molecule has 1 aromatic rings. The van der Waals surface area contributed by atoms with E-state index < -0.39 is 11.9 Å². The van der Waals surface area contributed by atoms with Crippen LogP contribution in [0.3, 0.4) is 0 Å². The normalized spacial score (nSPS) is 14.3. The van der Waals surface area contributed by atoms with Gasteiger partial charge in [0.1, 0.15) is 5.60 Å². The monoisotopic (exact) mass is 262 g/mol. The molecule has 1 rings (SSSR count). The summed E-state index contributed by atoms with van der Waals surface area (Å²) in [5.41, 5.74) is 0.509. The Morgan fingerprint density at radius 3 is 2.37 bits per heavy atom. The lowest BCUT2D eigenvalue weighted by Gasteiger charge is -2.25. The number of methoxy groups -OCH3 is 1. The zero-order valence-corrected chi connectivity index (χ0v) is 12.0. The third-order valence-electron chi connectivity index (χ3n) is 2.62. The van der Waals surface area contributed by atoms with Crippen molar-refractivity contribution in [2.75, 3.05) is 7.11 Å². The van der Waals surface area contributed by atoms with Gasteiger partial charge in [0, 0.05) is 7.11 Å². The first kappa shape index (κ1) is 15.6. The standard InChI is InChI=1S/C16H22O3/c1-5-6-8-13-15(17-4)18-19-16(2,3)14-11-9-7-10-12-14/h5-13,15H,1-4H3. The molecule has 3 heteroatoms. The van der Waals surface area contributed by atoms with Gasteiger partial charge in [-0.15, -0.1) is 0 Å². The second-order valence-corrected chi connectivity index (χ2v) is 4.57. The van der Waals surface area contributed by atoms with Crippen LogP contribution in [0, 0.1) is 0 Å². The Balaban J connectivity index is 2.58. The van der Waals surface area contributed by atoms with Crippen molar-refractivity contribution < 1.29 is 14.5 Å². The summed E-state index contributed by atoms with van der Waals surface area (Å²) < 4.78 is 5.16. The van der Waals surface area contributed by atoms with Crippen LogP contribution < -0.4 is 0 Å². The molecule has 3 nitrogen and oxygen atoms in total. The third kappa shape index (κ3) is 5.39. The Labute approximate surface area is 115 Å². The Kier molecular flexibility index (Phi) is 6.50. The molecule has 0 aromatic heterocycles. The van der Waals surface area contributed by atoms with Gasteiger partial charge in [-0.25, -0.2) is 4.89 Å². The van der Waals surface area contributed by atoms with Crippen molar-refractivity contribution in [1.29, 1.82) is 0 Å². The molecule has 0 aliphatic carbocycles. The fraction of sp³-hybridized carbons (Fsp3) is 0.375. The molecule has 19 heavy (non-hydrogen) atoms. The molecule has 0 spiro atoms. The van der Waals surface area contributed by atoms with Gasteiger partial charge in [0.2, 0.25) is 6.29 Å². The van der Waals surface area contributed by atoms with Crippen LogP contribution in [0.1, 0.15) is 26.3 Å². The predicted molar refractivity (Wildman–Crippen MR) is 76.4 cm³/mol. The molecule has 0 amide bonds. The number of hydrogen-bond donors (Lipinski definition) is 0. The Morgan fingerprint density at radius 1 is 1.11 bits per heavy atom.